The van der Waals surface area contributed by atoms with Crippen LogP contribution in [0.1, 0.15) is 33.1 Å². The lowest BCUT2D eigenvalue weighted by Gasteiger charge is -2.38. The first-order valence-electron chi connectivity index (χ1n) is 7.07. The largest absolute Gasteiger partial charge is 0.356 e. The lowest BCUT2D eigenvalue weighted by Crippen LogP contribution is -2.47. The molecular formula is C14H26N4. The number of piperidine rings is 1. The molecule has 2 atom stereocenters. The summed E-state index contributed by atoms with van der Waals surface area (Å²) >= 11 is 0. The van der Waals surface area contributed by atoms with E-state index in [1.807, 2.05) is 7.05 Å². The molecule has 102 valence electrons. The Balaban J connectivity index is 2.12. The second kappa shape index (κ2) is 5.74. The van der Waals surface area contributed by atoms with Gasteiger partial charge in [0.2, 0.25) is 0 Å². The van der Waals surface area contributed by atoms with Gasteiger partial charge in [-0.15, -0.1) is 0 Å². The number of likely N-dealkylation sites (N-methyl/N-ethyl adjacent to an activating group) is 2. The molecule has 4 heteroatoms. The van der Waals surface area contributed by atoms with Crippen molar-refractivity contribution in [2.45, 2.75) is 39.3 Å². The monoisotopic (exact) mass is 250 g/mol. The van der Waals surface area contributed by atoms with Gasteiger partial charge in [0.15, 0.2) is 0 Å². The van der Waals surface area contributed by atoms with Crippen LogP contribution in [0, 0.1) is 5.92 Å². The Morgan fingerprint density at radius 2 is 2.28 bits per heavy atom. The summed E-state index contributed by atoms with van der Waals surface area (Å²) in [6.07, 6.45) is 6.45. The van der Waals surface area contributed by atoms with E-state index in [1.54, 1.807) is 0 Å². The van der Waals surface area contributed by atoms with Crippen LogP contribution in [0.3, 0.4) is 0 Å². The summed E-state index contributed by atoms with van der Waals surface area (Å²) < 4.78 is 0. The third-order valence-corrected chi connectivity index (χ3v) is 4.23. The first kappa shape index (κ1) is 13.4. The van der Waals surface area contributed by atoms with Crippen molar-refractivity contribution in [2.24, 2.45) is 10.9 Å². The van der Waals surface area contributed by atoms with Gasteiger partial charge in [0.25, 0.3) is 0 Å². The molecule has 0 radical (unpaired) electrons. The van der Waals surface area contributed by atoms with E-state index in [0.29, 0.717) is 0 Å². The van der Waals surface area contributed by atoms with Gasteiger partial charge in [-0.05, 0) is 38.8 Å². The average molecular weight is 250 g/mol. The van der Waals surface area contributed by atoms with Crippen LogP contribution in [0.2, 0.25) is 0 Å². The molecule has 1 saturated heterocycles. The van der Waals surface area contributed by atoms with Crippen LogP contribution in [0.15, 0.2) is 16.9 Å². The highest BCUT2D eigenvalue weighted by Gasteiger charge is 2.24. The smallest absolute Gasteiger partial charge is 0.129 e. The van der Waals surface area contributed by atoms with Crippen molar-refractivity contribution in [3.05, 3.63) is 11.9 Å². The zero-order chi connectivity index (χ0) is 13.1. The Bertz CT molecular complexity index is 348. The number of nitrogens with zero attached hydrogens (tertiary/aromatic N) is 3. The second-order valence-electron chi connectivity index (χ2n) is 5.39. The van der Waals surface area contributed by atoms with E-state index in [1.165, 1.54) is 25.8 Å². The highest BCUT2D eigenvalue weighted by Crippen LogP contribution is 2.24. The molecule has 0 aromatic heterocycles. The lowest BCUT2D eigenvalue weighted by atomic mass is 9.95. The number of nitrogens with one attached hydrogen (secondary N) is 1. The molecule has 1 fully saturated rings. The number of amidine groups is 1. The van der Waals surface area contributed by atoms with Gasteiger partial charge in [0.1, 0.15) is 17.8 Å². The summed E-state index contributed by atoms with van der Waals surface area (Å²) in [4.78, 5) is 9.37. The molecule has 0 saturated carbocycles. The third-order valence-electron chi connectivity index (χ3n) is 4.23. The van der Waals surface area contributed by atoms with E-state index in [-0.39, 0.29) is 6.17 Å². The van der Waals surface area contributed by atoms with Crippen molar-refractivity contribution in [1.29, 1.82) is 0 Å². The lowest BCUT2D eigenvalue weighted by molar-refractivity contribution is 0.205. The number of rotatable bonds is 3. The maximum Gasteiger partial charge on any atom is 0.129 e. The second-order valence-corrected chi connectivity index (χ2v) is 5.39. The number of aliphatic imine (C=N–C) groups is 1. The summed E-state index contributed by atoms with van der Waals surface area (Å²) in [5.74, 6) is 3.08. The maximum absolute atomic E-state index is 4.74. The Morgan fingerprint density at radius 3 is 2.94 bits per heavy atom. The molecule has 2 aliphatic heterocycles. The summed E-state index contributed by atoms with van der Waals surface area (Å²) in [6.45, 7) is 6.69. The Labute approximate surface area is 111 Å². The summed E-state index contributed by atoms with van der Waals surface area (Å²) in [7, 11) is 4.08. The molecule has 1 N–H and O–H groups in total. The maximum atomic E-state index is 4.74. The Kier molecular flexibility index (Phi) is 4.27. The first-order chi connectivity index (χ1) is 8.65. The Hall–Kier alpha value is -1.03. The fourth-order valence-corrected chi connectivity index (χ4v) is 2.80. The first-order valence-corrected chi connectivity index (χ1v) is 7.07. The van der Waals surface area contributed by atoms with Crippen molar-refractivity contribution in [3.8, 4) is 0 Å². The van der Waals surface area contributed by atoms with Gasteiger partial charge in [0.05, 0.1) is 0 Å². The third kappa shape index (κ3) is 2.69. The van der Waals surface area contributed by atoms with Crippen LogP contribution in [0.4, 0.5) is 0 Å². The number of hydrogen-bond donors (Lipinski definition) is 1. The highest BCUT2D eigenvalue weighted by molar-refractivity contribution is 5.81. The SMILES string of the molecule is CCC1CCCN(C2=CC(NC)N(C)C(C)=N2)C1. The van der Waals surface area contributed by atoms with E-state index >= 15 is 0 Å². The molecule has 0 spiro atoms. The predicted octanol–water partition coefficient (Wildman–Crippen LogP) is 1.86. The normalized spacial score (nSPS) is 29.1. The number of likely N-dealkylation sites (tertiary alicyclic amines) is 1. The summed E-state index contributed by atoms with van der Waals surface area (Å²) in [5, 5.41) is 3.32. The highest BCUT2D eigenvalue weighted by atomic mass is 15.3. The van der Waals surface area contributed by atoms with Crippen LogP contribution >= 0.6 is 0 Å². The molecular weight excluding hydrogens is 224 g/mol. The molecule has 2 unspecified atom stereocenters. The van der Waals surface area contributed by atoms with Gasteiger partial charge in [-0.25, -0.2) is 4.99 Å². The van der Waals surface area contributed by atoms with Crippen molar-refractivity contribution in [2.75, 3.05) is 27.2 Å². The topological polar surface area (TPSA) is 30.9 Å². The Morgan fingerprint density at radius 1 is 1.50 bits per heavy atom. The molecule has 0 aliphatic carbocycles. The number of hydrogen-bond acceptors (Lipinski definition) is 4. The minimum absolute atomic E-state index is 0.263. The van der Waals surface area contributed by atoms with Gasteiger partial charge < -0.3 is 9.80 Å². The minimum Gasteiger partial charge on any atom is -0.356 e. The molecule has 0 amide bonds. The molecule has 0 bridgehead atoms. The van der Waals surface area contributed by atoms with Crippen molar-refractivity contribution in [1.82, 2.24) is 15.1 Å². The van der Waals surface area contributed by atoms with Crippen molar-refractivity contribution >= 4 is 5.84 Å². The van der Waals surface area contributed by atoms with E-state index in [4.69, 9.17) is 4.99 Å². The van der Waals surface area contributed by atoms with Gasteiger partial charge in [0, 0.05) is 20.1 Å². The van der Waals surface area contributed by atoms with Gasteiger partial charge >= 0.3 is 0 Å². The fraction of sp³-hybridized carbons (Fsp3) is 0.786. The zero-order valence-electron chi connectivity index (χ0n) is 12.1. The van der Waals surface area contributed by atoms with Crippen LogP contribution in [-0.2, 0) is 0 Å². The standard InChI is InChI=1S/C14H26N4/c1-5-12-7-6-8-18(10-12)14-9-13(15-3)17(4)11(2)16-14/h9,12-13,15H,5-8,10H2,1-4H3. The zero-order valence-corrected chi connectivity index (χ0v) is 12.1. The van der Waals surface area contributed by atoms with Crippen LogP contribution in [-0.4, -0.2) is 49.0 Å². The molecule has 2 rings (SSSR count). The van der Waals surface area contributed by atoms with Crippen LogP contribution < -0.4 is 5.32 Å². The van der Waals surface area contributed by atoms with Crippen LogP contribution in [0.25, 0.3) is 0 Å². The van der Waals surface area contributed by atoms with Gasteiger partial charge in [-0.1, -0.05) is 13.3 Å². The van der Waals surface area contributed by atoms with E-state index in [0.717, 1.165) is 24.1 Å². The summed E-state index contributed by atoms with van der Waals surface area (Å²) in [5.41, 5.74) is 0. The minimum atomic E-state index is 0.263. The molecule has 0 aromatic carbocycles. The predicted molar refractivity (Wildman–Crippen MR) is 76.4 cm³/mol. The van der Waals surface area contributed by atoms with Gasteiger partial charge in [-0.2, -0.15) is 0 Å². The molecule has 2 heterocycles. The summed E-state index contributed by atoms with van der Waals surface area (Å²) in [6, 6.07) is 0. The molecule has 2 aliphatic rings. The van der Waals surface area contributed by atoms with Crippen molar-refractivity contribution in [3.63, 3.8) is 0 Å². The quantitative estimate of drug-likeness (QED) is 0.829. The van der Waals surface area contributed by atoms with E-state index in [2.05, 4.69) is 42.1 Å². The molecule has 4 nitrogen and oxygen atoms in total. The van der Waals surface area contributed by atoms with E-state index in [9.17, 15) is 0 Å². The molecule has 0 aromatic rings. The van der Waals surface area contributed by atoms with Gasteiger partial charge in [-0.3, -0.25) is 5.32 Å². The molecule has 18 heavy (non-hydrogen) atoms. The average Bonchev–Trinajstić information content (AvgIpc) is 2.41. The van der Waals surface area contributed by atoms with Crippen LogP contribution in [0.5, 0.6) is 0 Å². The van der Waals surface area contributed by atoms with Crippen molar-refractivity contribution < 1.29 is 0 Å². The fourth-order valence-electron chi connectivity index (χ4n) is 2.80. The van der Waals surface area contributed by atoms with E-state index < -0.39 is 0 Å².